The lowest BCUT2D eigenvalue weighted by Crippen LogP contribution is -2.56. The van der Waals surface area contributed by atoms with Crippen LogP contribution in [0, 0.1) is 29.6 Å². The lowest BCUT2D eigenvalue weighted by Gasteiger charge is -2.48. The lowest BCUT2D eigenvalue weighted by atomic mass is 9.57. The second-order valence-electron chi connectivity index (χ2n) is 9.62. The molecule has 1 saturated heterocycles. The van der Waals surface area contributed by atoms with Crippen LogP contribution in [0.2, 0.25) is 0 Å². The molecule has 0 radical (unpaired) electrons. The van der Waals surface area contributed by atoms with Crippen LogP contribution < -0.4 is 0 Å². The molecule has 0 amide bonds. The fourth-order valence-corrected chi connectivity index (χ4v) is 6.34. The first-order chi connectivity index (χ1) is 14.1. The van der Waals surface area contributed by atoms with E-state index in [1.165, 1.54) is 7.11 Å². The number of esters is 1. The molecule has 4 bridgehead atoms. The maximum Gasteiger partial charge on any atom is 0.335 e. The van der Waals surface area contributed by atoms with Gasteiger partial charge in [0.05, 0.1) is 24.4 Å². The maximum absolute atomic E-state index is 12.8. The van der Waals surface area contributed by atoms with Crippen molar-refractivity contribution in [2.45, 2.75) is 76.3 Å². The fourth-order valence-electron chi connectivity index (χ4n) is 6.34. The van der Waals surface area contributed by atoms with Crippen molar-refractivity contribution in [3.63, 3.8) is 0 Å². The molecule has 1 spiro atoms. The Labute approximate surface area is 177 Å². The van der Waals surface area contributed by atoms with Crippen molar-refractivity contribution in [3.05, 3.63) is 23.8 Å². The second-order valence-corrected chi connectivity index (χ2v) is 9.62. The smallest absolute Gasteiger partial charge is 0.335 e. The Morgan fingerprint density at radius 2 is 1.93 bits per heavy atom. The number of cyclic esters (lactones) is 1. The Morgan fingerprint density at radius 1 is 1.23 bits per heavy atom. The van der Waals surface area contributed by atoms with Gasteiger partial charge in [0.2, 0.25) is 0 Å². The summed E-state index contributed by atoms with van der Waals surface area (Å²) in [6.45, 7) is 7.34. The van der Waals surface area contributed by atoms with Crippen LogP contribution in [0.3, 0.4) is 0 Å². The van der Waals surface area contributed by atoms with Gasteiger partial charge in [0.15, 0.2) is 6.10 Å². The maximum atomic E-state index is 12.8. The van der Waals surface area contributed by atoms with Crippen LogP contribution in [-0.4, -0.2) is 70.6 Å². The molecule has 7 nitrogen and oxygen atoms in total. The summed E-state index contributed by atoms with van der Waals surface area (Å²) in [6, 6.07) is 0. The highest BCUT2D eigenvalue weighted by molar-refractivity contribution is 5.75. The number of carbonyl (C=O) groups excluding carboxylic acids is 1. The van der Waals surface area contributed by atoms with E-state index in [9.17, 15) is 20.1 Å². The van der Waals surface area contributed by atoms with Gasteiger partial charge in [-0.1, -0.05) is 32.1 Å². The molecule has 0 aromatic rings. The Bertz CT molecular complexity index is 746. The van der Waals surface area contributed by atoms with E-state index in [0.717, 1.165) is 5.57 Å². The van der Waals surface area contributed by atoms with Crippen molar-refractivity contribution in [2.24, 2.45) is 29.6 Å². The normalized spacial score (nSPS) is 53.3. The molecular formula is C23H34O7. The van der Waals surface area contributed by atoms with Crippen LogP contribution in [0.4, 0.5) is 0 Å². The molecule has 0 aromatic heterocycles. The number of hydrogen-bond acceptors (Lipinski definition) is 7. The van der Waals surface area contributed by atoms with Gasteiger partial charge in [0.1, 0.15) is 11.7 Å². The molecule has 1 unspecified atom stereocenters. The summed E-state index contributed by atoms with van der Waals surface area (Å²) in [7, 11) is 1.47. The second kappa shape index (κ2) is 7.71. The van der Waals surface area contributed by atoms with E-state index in [1.807, 2.05) is 39.0 Å². The van der Waals surface area contributed by atoms with Crippen molar-refractivity contribution in [3.8, 4) is 0 Å². The summed E-state index contributed by atoms with van der Waals surface area (Å²) in [5.41, 5.74) is 0.0851. The van der Waals surface area contributed by atoms with Crippen molar-refractivity contribution < 1.29 is 34.3 Å². The molecule has 4 aliphatic rings. The third-order valence-corrected chi connectivity index (χ3v) is 7.91. The highest BCUT2D eigenvalue weighted by Gasteiger charge is 2.68. The van der Waals surface area contributed by atoms with Crippen molar-refractivity contribution in [1.82, 2.24) is 0 Å². The topological polar surface area (TPSA) is 105 Å². The average molecular weight is 423 g/mol. The molecule has 30 heavy (non-hydrogen) atoms. The minimum Gasteiger partial charge on any atom is -0.457 e. The molecule has 3 N–H and O–H groups in total. The summed E-state index contributed by atoms with van der Waals surface area (Å²) in [6.07, 6.45) is 2.09. The fraction of sp³-hybridized carbons (Fsp3) is 0.783. The minimum atomic E-state index is -0.853. The largest absolute Gasteiger partial charge is 0.457 e. The molecule has 2 aliphatic carbocycles. The SMILES string of the molecule is COC1C[C@H]2C=C[C@H]3[C@H]4O[C@]2(/C(C)=C/[C@@H](C)[C@@H]([C@@H](C)O)OC1=O)[C@@H]3[C@H](O)[C@@H](C)[C@H]4O. The summed E-state index contributed by atoms with van der Waals surface area (Å²) in [5, 5.41) is 32.3. The standard InChI is InChI=1S/C23H34O7/c1-10-8-11(2)23-14(9-16(28-5)22(27)29-20(10)13(4)24)6-7-15-17(23)18(25)12(3)19(26)21(15)30-23/h6-8,10,12-21,24-26H,9H2,1-5H3/b11-8+/t10-,12-,13-,14-,15-,16?,17+,18-,19-,20+,21-,23+/m1/s1. The van der Waals surface area contributed by atoms with E-state index in [0.29, 0.717) is 6.42 Å². The predicted octanol–water partition coefficient (Wildman–Crippen LogP) is 1.21. The molecule has 2 aliphatic heterocycles. The lowest BCUT2D eigenvalue weighted by molar-refractivity contribution is -0.172. The minimum absolute atomic E-state index is 0.0930. The number of hydrogen-bond donors (Lipinski definition) is 3. The van der Waals surface area contributed by atoms with Crippen LogP contribution in [0.15, 0.2) is 23.8 Å². The number of aliphatic hydroxyl groups is 3. The molecule has 168 valence electrons. The monoisotopic (exact) mass is 422 g/mol. The van der Waals surface area contributed by atoms with Gasteiger partial charge in [-0.2, -0.15) is 0 Å². The van der Waals surface area contributed by atoms with Gasteiger partial charge in [-0.25, -0.2) is 4.79 Å². The zero-order valence-corrected chi connectivity index (χ0v) is 18.3. The van der Waals surface area contributed by atoms with Crippen LogP contribution in [0.25, 0.3) is 0 Å². The third-order valence-electron chi connectivity index (χ3n) is 7.91. The number of ether oxygens (including phenoxy) is 3. The molecule has 1 saturated carbocycles. The van der Waals surface area contributed by atoms with Crippen molar-refractivity contribution in [1.29, 1.82) is 0 Å². The molecule has 4 rings (SSSR count). The zero-order valence-electron chi connectivity index (χ0n) is 18.3. The van der Waals surface area contributed by atoms with Gasteiger partial charge < -0.3 is 29.5 Å². The first-order valence-corrected chi connectivity index (χ1v) is 11.0. The van der Waals surface area contributed by atoms with E-state index in [-0.39, 0.29) is 29.6 Å². The highest BCUT2D eigenvalue weighted by atomic mass is 16.6. The number of aliphatic hydroxyl groups excluding tert-OH is 3. The molecule has 2 fully saturated rings. The van der Waals surface area contributed by atoms with Crippen LogP contribution in [0.1, 0.15) is 34.1 Å². The summed E-state index contributed by atoms with van der Waals surface area (Å²) < 4.78 is 17.8. The Hall–Kier alpha value is -1.25. The van der Waals surface area contributed by atoms with E-state index in [2.05, 4.69) is 0 Å². The molecule has 2 heterocycles. The highest BCUT2D eigenvalue weighted by Crippen LogP contribution is 2.60. The number of methoxy groups -OCH3 is 1. The van der Waals surface area contributed by atoms with Gasteiger partial charge in [-0.15, -0.1) is 0 Å². The Kier molecular flexibility index (Phi) is 5.64. The molecule has 0 aromatic carbocycles. The molecule has 7 heteroatoms. The van der Waals surface area contributed by atoms with Crippen LogP contribution >= 0.6 is 0 Å². The summed E-state index contributed by atoms with van der Waals surface area (Å²) >= 11 is 0. The number of carbonyl (C=O) groups is 1. The predicted molar refractivity (Wildman–Crippen MR) is 108 cm³/mol. The van der Waals surface area contributed by atoms with Gasteiger partial charge in [0.25, 0.3) is 0 Å². The average Bonchev–Trinajstić information content (AvgIpc) is 2.91. The zero-order chi connectivity index (χ0) is 22.0. The van der Waals surface area contributed by atoms with E-state index < -0.39 is 48.2 Å². The van der Waals surface area contributed by atoms with Crippen molar-refractivity contribution in [2.75, 3.05) is 7.11 Å². The van der Waals surface area contributed by atoms with Crippen LogP contribution in [-0.2, 0) is 19.0 Å². The quantitative estimate of drug-likeness (QED) is 0.454. The van der Waals surface area contributed by atoms with E-state index in [1.54, 1.807) is 6.92 Å². The molecule has 12 atom stereocenters. The number of rotatable bonds is 2. The van der Waals surface area contributed by atoms with Gasteiger partial charge >= 0.3 is 5.97 Å². The van der Waals surface area contributed by atoms with Gasteiger partial charge in [-0.05, 0) is 25.8 Å². The van der Waals surface area contributed by atoms with Gasteiger partial charge in [-0.3, -0.25) is 0 Å². The van der Waals surface area contributed by atoms with E-state index in [4.69, 9.17) is 14.2 Å². The van der Waals surface area contributed by atoms with Gasteiger partial charge in [0, 0.05) is 36.7 Å². The van der Waals surface area contributed by atoms with E-state index >= 15 is 0 Å². The van der Waals surface area contributed by atoms with Crippen molar-refractivity contribution >= 4 is 5.97 Å². The molecular weight excluding hydrogens is 388 g/mol. The third kappa shape index (κ3) is 3.01. The summed E-state index contributed by atoms with van der Waals surface area (Å²) in [5.74, 6) is -1.63. The first-order valence-electron chi connectivity index (χ1n) is 11.0. The Morgan fingerprint density at radius 3 is 2.57 bits per heavy atom. The summed E-state index contributed by atoms with van der Waals surface area (Å²) in [4.78, 5) is 12.8. The van der Waals surface area contributed by atoms with Crippen LogP contribution in [0.5, 0.6) is 0 Å². The Balaban J connectivity index is 1.86. The first kappa shape index (κ1) is 22.0.